The topological polar surface area (TPSA) is 105 Å². The van der Waals surface area contributed by atoms with Gasteiger partial charge >= 0.3 is 11.4 Å². The molecule has 5 rings (SSSR count). The van der Waals surface area contributed by atoms with Crippen LogP contribution in [0.4, 0.5) is 11.4 Å². The second kappa shape index (κ2) is 8.51. The molecule has 0 unspecified atom stereocenters. The highest BCUT2D eigenvalue weighted by molar-refractivity contribution is 5.89. The molecule has 0 saturated heterocycles. The first-order valence-electron chi connectivity index (χ1n) is 10.3. The standard InChI is InChI=1S/C26H16N2O6/c29-27(30)21-15-22(28(31)32)26(34-24-14-6-10-18-8-2-4-12-20(18)24)16-25(21)33-23-13-5-9-17-7-1-3-11-19(17)23/h1-16H. The monoisotopic (exact) mass is 452 g/mol. The summed E-state index contributed by atoms with van der Waals surface area (Å²) in [6, 6.07) is 27.6. The molecule has 8 nitrogen and oxygen atoms in total. The molecule has 0 aliphatic rings. The Bertz CT molecular complexity index is 1460. The Morgan fingerprint density at radius 2 is 0.912 bits per heavy atom. The zero-order chi connectivity index (χ0) is 23.7. The van der Waals surface area contributed by atoms with Crippen LogP contribution in [-0.2, 0) is 0 Å². The van der Waals surface area contributed by atoms with Crippen LogP contribution < -0.4 is 9.47 Å². The molecule has 0 aliphatic carbocycles. The molecule has 0 bridgehead atoms. The number of nitro benzene ring substituents is 2. The Kier molecular flexibility index (Phi) is 5.23. The van der Waals surface area contributed by atoms with Crippen molar-refractivity contribution in [3.05, 3.63) is 117 Å². The summed E-state index contributed by atoms with van der Waals surface area (Å²) in [5, 5.41) is 26.8. The number of hydrogen-bond acceptors (Lipinski definition) is 6. The highest BCUT2D eigenvalue weighted by Crippen LogP contribution is 2.44. The third kappa shape index (κ3) is 3.84. The molecule has 0 radical (unpaired) electrons. The van der Waals surface area contributed by atoms with Gasteiger partial charge in [-0.05, 0) is 22.9 Å². The second-order valence-corrected chi connectivity index (χ2v) is 7.46. The largest absolute Gasteiger partial charge is 0.449 e. The number of nitrogens with zero attached hydrogens (tertiary/aromatic N) is 2. The lowest BCUT2D eigenvalue weighted by Crippen LogP contribution is -1.99. The average Bonchev–Trinajstić information content (AvgIpc) is 2.84. The van der Waals surface area contributed by atoms with E-state index < -0.39 is 21.2 Å². The van der Waals surface area contributed by atoms with Crippen molar-refractivity contribution in [2.75, 3.05) is 0 Å². The Balaban J connectivity index is 1.65. The fourth-order valence-electron chi connectivity index (χ4n) is 3.79. The molecule has 5 aromatic carbocycles. The average molecular weight is 452 g/mol. The minimum absolute atomic E-state index is 0.165. The van der Waals surface area contributed by atoms with Gasteiger partial charge in [0.2, 0.25) is 11.5 Å². The fourth-order valence-corrected chi connectivity index (χ4v) is 3.79. The predicted molar refractivity (Wildman–Crippen MR) is 128 cm³/mol. The van der Waals surface area contributed by atoms with Gasteiger partial charge in [-0.25, -0.2) is 0 Å². The van der Waals surface area contributed by atoms with Crippen molar-refractivity contribution >= 4 is 32.9 Å². The highest BCUT2D eigenvalue weighted by atomic mass is 16.6. The molecular formula is C26H16N2O6. The van der Waals surface area contributed by atoms with Crippen molar-refractivity contribution < 1.29 is 19.3 Å². The molecule has 0 spiro atoms. The molecule has 0 saturated carbocycles. The van der Waals surface area contributed by atoms with Crippen molar-refractivity contribution in [1.82, 2.24) is 0 Å². The molecule has 0 aliphatic heterocycles. The van der Waals surface area contributed by atoms with Crippen LogP contribution in [0.5, 0.6) is 23.0 Å². The number of fused-ring (bicyclic) bond motifs is 2. The summed E-state index contributed by atoms with van der Waals surface area (Å²) in [5.74, 6) is 0.432. The zero-order valence-corrected chi connectivity index (χ0v) is 17.6. The van der Waals surface area contributed by atoms with Crippen molar-refractivity contribution in [2.45, 2.75) is 0 Å². The second-order valence-electron chi connectivity index (χ2n) is 7.46. The Labute approximate surface area is 192 Å². The molecular weight excluding hydrogens is 436 g/mol. The number of rotatable bonds is 6. The van der Waals surface area contributed by atoms with E-state index in [1.165, 1.54) is 6.07 Å². The van der Waals surface area contributed by atoms with Gasteiger partial charge < -0.3 is 9.47 Å². The third-order valence-electron chi connectivity index (χ3n) is 5.37. The number of hydrogen-bond donors (Lipinski definition) is 0. The molecule has 0 amide bonds. The molecule has 0 atom stereocenters. The summed E-state index contributed by atoms with van der Waals surface area (Å²) < 4.78 is 11.9. The summed E-state index contributed by atoms with van der Waals surface area (Å²) in [4.78, 5) is 22.1. The lowest BCUT2D eigenvalue weighted by molar-refractivity contribution is -0.395. The minimum atomic E-state index is -0.713. The maximum Gasteiger partial charge on any atom is 0.318 e. The van der Waals surface area contributed by atoms with Gasteiger partial charge in [0.25, 0.3) is 0 Å². The van der Waals surface area contributed by atoms with Crippen LogP contribution in [0.3, 0.4) is 0 Å². The van der Waals surface area contributed by atoms with Crippen LogP contribution in [0.15, 0.2) is 97.1 Å². The van der Waals surface area contributed by atoms with Crippen molar-refractivity contribution in [1.29, 1.82) is 0 Å². The Hall–Kier alpha value is -4.98. The van der Waals surface area contributed by atoms with Gasteiger partial charge in [0.05, 0.1) is 9.85 Å². The quantitative estimate of drug-likeness (QED) is 0.196. The van der Waals surface area contributed by atoms with E-state index >= 15 is 0 Å². The summed E-state index contributed by atoms with van der Waals surface area (Å²) >= 11 is 0. The summed E-state index contributed by atoms with van der Waals surface area (Å²) in [5.41, 5.74) is -1.07. The first-order chi connectivity index (χ1) is 16.5. The number of nitro groups is 2. The van der Waals surface area contributed by atoms with Crippen molar-refractivity contribution in [3.63, 3.8) is 0 Å². The molecule has 34 heavy (non-hydrogen) atoms. The lowest BCUT2D eigenvalue weighted by atomic mass is 10.1. The molecule has 0 N–H and O–H groups in total. The minimum Gasteiger partial charge on any atom is -0.449 e. The fraction of sp³-hybridized carbons (Fsp3) is 0. The third-order valence-corrected chi connectivity index (χ3v) is 5.37. The maximum atomic E-state index is 11.8. The lowest BCUT2D eigenvalue weighted by Gasteiger charge is -2.13. The van der Waals surface area contributed by atoms with E-state index in [-0.39, 0.29) is 11.5 Å². The van der Waals surface area contributed by atoms with Crippen molar-refractivity contribution in [3.8, 4) is 23.0 Å². The van der Waals surface area contributed by atoms with Crippen LogP contribution in [0, 0.1) is 20.2 Å². The van der Waals surface area contributed by atoms with Gasteiger partial charge in [0, 0.05) is 16.8 Å². The smallest absolute Gasteiger partial charge is 0.318 e. The SMILES string of the molecule is O=[N+]([O-])c1cc([N+](=O)[O-])c(Oc2cccc3ccccc23)cc1Oc1cccc2ccccc12. The molecule has 8 heteroatoms. The van der Waals surface area contributed by atoms with E-state index in [1.54, 1.807) is 24.3 Å². The van der Waals surface area contributed by atoms with E-state index in [4.69, 9.17) is 9.47 Å². The van der Waals surface area contributed by atoms with Gasteiger partial charge in [-0.3, -0.25) is 20.2 Å². The number of ether oxygens (including phenoxy) is 2. The van der Waals surface area contributed by atoms with E-state index in [1.807, 2.05) is 60.7 Å². The molecule has 166 valence electrons. The Morgan fingerprint density at radius 1 is 0.500 bits per heavy atom. The van der Waals surface area contributed by atoms with Crippen LogP contribution in [-0.4, -0.2) is 9.85 Å². The Morgan fingerprint density at radius 3 is 1.35 bits per heavy atom. The van der Waals surface area contributed by atoms with Gasteiger partial charge in [0.1, 0.15) is 17.6 Å². The molecule has 0 aromatic heterocycles. The molecule has 0 heterocycles. The molecule has 5 aromatic rings. The summed E-state index contributed by atoms with van der Waals surface area (Å²) in [6.45, 7) is 0. The highest BCUT2D eigenvalue weighted by Gasteiger charge is 2.28. The van der Waals surface area contributed by atoms with Crippen LogP contribution >= 0.6 is 0 Å². The van der Waals surface area contributed by atoms with E-state index in [2.05, 4.69) is 0 Å². The zero-order valence-electron chi connectivity index (χ0n) is 17.6. The first-order valence-corrected chi connectivity index (χ1v) is 10.3. The van der Waals surface area contributed by atoms with Gasteiger partial charge in [-0.1, -0.05) is 72.8 Å². The van der Waals surface area contributed by atoms with Gasteiger partial charge in [0.15, 0.2) is 0 Å². The molecule has 0 fully saturated rings. The maximum absolute atomic E-state index is 11.8. The van der Waals surface area contributed by atoms with Crippen LogP contribution in [0.1, 0.15) is 0 Å². The number of benzene rings is 5. The van der Waals surface area contributed by atoms with E-state index in [0.29, 0.717) is 11.5 Å². The van der Waals surface area contributed by atoms with E-state index in [0.717, 1.165) is 27.6 Å². The van der Waals surface area contributed by atoms with E-state index in [9.17, 15) is 20.2 Å². The first kappa shape index (κ1) is 20.9. The summed E-state index contributed by atoms with van der Waals surface area (Å²) in [7, 11) is 0. The van der Waals surface area contributed by atoms with Crippen LogP contribution in [0.2, 0.25) is 0 Å². The van der Waals surface area contributed by atoms with Crippen LogP contribution in [0.25, 0.3) is 21.5 Å². The van der Waals surface area contributed by atoms with Crippen molar-refractivity contribution in [2.24, 2.45) is 0 Å². The normalized spacial score (nSPS) is 10.8. The predicted octanol–water partition coefficient (Wildman–Crippen LogP) is 7.39. The van der Waals surface area contributed by atoms with Gasteiger partial charge in [-0.15, -0.1) is 0 Å². The summed E-state index contributed by atoms with van der Waals surface area (Å²) in [6.07, 6.45) is 0. The van der Waals surface area contributed by atoms with Gasteiger partial charge in [-0.2, -0.15) is 0 Å².